The Labute approximate surface area is 140 Å². The summed E-state index contributed by atoms with van der Waals surface area (Å²) in [6.45, 7) is 0.0579. The van der Waals surface area contributed by atoms with Crippen molar-refractivity contribution >= 4 is 49.2 Å². The zero-order valence-corrected chi connectivity index (χ0v) is 14.3. The highest BCUT2D eigenvalue weighted by Gasteiger charge is 2.21. The molecule has 1 N–H and O–H groups in total. The van der Waals surface area contributed by atoms with Gasteiger partial charge >= 0.3 is 0 Å². The Balaban J connectivity index is 2.25. The molecule has 0 aliphatic carbocycles. The van der Waals surface area contributed by atoms with Crippen molar-refractivity contribution in [1.82, 2.24) is 4.72 Å². The van der Waals surface area contributed by atoms with Gasteiger partial charge in [-0.2, -0.15) is 0 Å². The van der Waals surface area contributed by atoms with Crippen LogP contribution in [0.5, 0.6) is 0 Å². The molecule has 0 bridgehead atoms. The van der Waals surface area contributed by atoms with E-state index in [1.165, 1.54) is 0 Å². The molecule has 0 fully saturated rings. The molecule has 0 amide bonds. The van der Waals surface area contributed by atoms with Crippen LogP contribution in [0.1, 0.15) is 5.56 Å². The minimum Gasteiger partial charge on any atom is -0.207 e. The van der Waals surface area contributed by atoms with E-state index in [0.717, 1.165) is 22.2 Å². The van der Waals surface area contributed by atoms with Gasteiger partial charge in [0.05, 0.1) is 10.0 Å². The van der Waals surface area contributed by atoms with E-state index in [2.05, 4.69) is 20.7 Å². The third kappa shape index (κ3) is 3.96. The fraction of sp³-hybridized carbons (Fsp3) is 0.0769. The summed E-state index contributed by atoms with van der Waals surface area (Å²) >= 11 is 14.5. The first kappa shape index (κ1) is 16.7. The second-order valence-corrected chi connectivity index (χ2v) is 7.56. The van der Waals surface area contributed by atoms with E-state index >= 15 is 0 Å². The monoisotopic (exact) mass is 411 g/mol. The lowest BCUT2D eigenvalue weighted by molar-refractivity contribution is 0.577. The molecule has 2 rings (SSSR count). The Morgan fingerprint density at radius 1 is 1.19 bits per heavy atom. The van der Waals surface area contributed by atoms with E-state index in [1.54, 1.807) is 18.2 Å². The summed E-state index contributed by atoms with van der Waals surface area (Å²) in [5, 5.41) is -0.754. The van der Waals surface area contributed by atoms with Crippen LogP contribution >= 0.6 is 39.1 Å². The number of nitrogens with one attached hydrogen (secondary N) is 1. The summed E-state index contributed by atoms with van der Waals surface area (Å²) in [6.07, 6.45) is 0. The summed E-state index contributed by atoms with van der Waals surface area (Å²) in [6, 6.07) is 9.45. The largest absolute Gasteiger partial charge is 0.242 e. The van der Waals surface area contributed by atoms with Crippen LogP contribution < -0.4 is 4.72 Å². The van der Waals surface area contributed by atoms with Gasteiger partial charge in [0.1, 0.15) is 4.90 Å². The van der Waals surface area contributed by atoms with Gasteiger partial charge in [-0.15, -0.1) is 0 Å². The summed E-state index contributed by atoms with van der Waals surface area (Å²) in [4.78, 5) is -0.346. The molecule has 3 nitrogen and oxygen atoms in total. The second-order valence-electron chi connectivity index (χ2n) is 4.13. The molecular weight excluding hydrogens is 404 g/mol. The van der Waals surface area contributed by atoms with Crippen molar-refractivity contribution < 1.29 is 12.8 Å². The van der Waals surface area contributed by atoms with Crippen LogP contribution in [0.4, 0.5) is 4.39 Å². The van der Waals surface area contributed by atoms with Crippen LogP contribution in [0.2, 0.25) is 10.0 Å². The molecular formula is C13H9BrCl2FNO2S. The highest BCUT2D eigenvalue weighted by molar-refractivity contribution is 9.10. The second kappa shape index (κ2) is 6.62. The quantitative estimate of drug-likeness (QED) is 0.757. The Kier molecular flexibility index (Phi) is 5.27. The molecule has 0 aromatic heterocycles. The van der Waals surface area contributed by atoms with Crippen LogP contribution in [0.25, 0.3) is 0 Å². The minimum atomic E-state index is -3.94. The molecule has 0 saturated carbocycles. The van der Waals surface area contributed by atoms with Crippen molar-refractivity contribution in [2.75, 3.05) is 0 Å². The van der Waals surface area contributed by atoms with Gasteiger partial charge in [-0.05, 0) is 29.8 Å². The van der Waals surface area contributed by atoms with Crippen molar-refractivity contribution in [3.63, 3.8) is 0 Å². The lowest BCUT2D eigenvalue weighted by Gasteiger charge is -2.09. The van der Waals surface area contributed by atoms with Crippen LogP contribution in [0.15, 0.2) is 45.8 Å². The van der Waals surface area contributed by atoms with Crippen molar-refractivity contribution in [2.24, 2.45) is 0 Å². The lowest BCUT2D eigenvalue weighted by atomic mass is 10.2. The van der Waals surface area contributed by atoms with Crippen molar-refractivity contribution in [3.8, 4) is 0 Å². The third-order valence-corrected chi connectivity index (χ3v) is 5.35. The SMILES string of the molecule is O=S(=O)(NCc1cccc(Br)c1)c1ccc(Cl)c(F)c1Cl. The molecule has 21 heavy (non-hydrogen) atoms. The smallest absolute Gasteiger partial charge is 0.207 e. The lowest BCUT2D eigenvalue weighted by Crippen LogP contribution is -2.23. The van der Waals surface area contributed by atoms with Gasteiger partial charge in [0.2, 0.25) is 10.0 Å². The average Bonchev–Trinajstić information content (AvgIpc) is 2.43. The van der Waals surface area contributed by atoms with Crippen molar-refractivity contribution in [1.29, 1.82) is 0 Å². The zero-order chi connectivity index (χ0) is 15.6. The molecule has 8 heteroatoms. The molecule has 0 aliphatic rings. The molecule has 0 heterocycles. The fourth-order valence-corrected chi connectivity index (χ4v) is 3.83. The van der Waals surface area contributed by atoms with Crippen molar-refractivity contribution in [3.05, 3.63) is 62.3 Å². The predicted molar refractivity (Wildman–Crippen MR) is 84.6 cm³/mol. The summed E-state index contributed by atoms with van der Waals surface area (Å²) in [5.74, 6) is -0.955. The van der Waals surface area contributed by atoms with Gasteiger partial charge in [-0.3, -0.25) is 0 Å². The molecule has 0 saturated heterocycles. The number of rotatable bonds is 4. The normalized spacial score (nSPS) is 11.6. The number of sulfonamides is 1. The van der Waals surface area contributed by atoms with E-state index in [0.29, 0.717) is 0 Å². The molecule has 0 atom stereocenters. The van der Waals surface area contributed by atoms with Crippen LogP contribution in [0.3, 0.4) is 0 Å². The Morgan fingerprint density at radius 3 is 2.57 bits per heavy atom. The molecule has 0 aliphatic heterocycles. The molecule has 0 radical (unpaired) electrons. The molecule has 0 unspecified atom stereocenters. The van der Waals surface area contributed by atoms with Gasteiger partial charge in [0.25, 0.3) is 0 Å². The maximum atomic E-state index is 13.6. The number of hydrogen-bond acceptors (Lipinski definition) is 2. The summed E-state index contributed by atoms with van der Waals surface area (Å²) in [5.41, 5.74) is 0.749. The highest BCUT2D eigenvalue weighted by Crippen LogP contribution is 2.29. The summed E-state index contributed by atoms with van der Waals surface area (Å²) in [7, 11) is -3.94. The van der Waals surface area contributed by atoms with E-state index in [-0.39, 0.29) is 16.5 Å². The highest BCUT2D eigenvalue weighted by atomic mass is 79.9. The molecule has 2 aromatic carbocycles. The van der Waals surface area contributed by atoms with Gasteiger partial charge in [-0.25, -0.2) is 17.5 Å². The first-order valence-corrected chi connectivity index (χ1v) is 8.72. The average molecular weight is 413 g/mol. The Morgan fingerprint density at radius 2 is 1.90 bits per heavy atom. The number of hydrogen-bond donors (Lipinski definition) is 1. The Bertz CT molecular complexity index is 784. The molecule has 0 spiro atoms. The first-order chi connectivity index (χ1) is 9.81. The number of benzene rings is 2. The van der Waals surface area contributed by atoms with Crippen LogP contribution in [-0.4, -0.2) is 8.42 Å². The van der Waals surface area contributed by atoms with Gasteiger partial charge in [-0.1, -0.05) is 51.3 Å². The summed E-state index contributed by atoms with van der Waals surface area (Å²) < 4.78 is 41.1. The first-order valence-electron chi connectivity index (χ1n) is 5.69. The maximum Gasteiger partial charge on any atom is 0.242 e. The predicted octanol–water partition coefficient (Wildman–Crippen LogP) is 4.37. The van der Waals surface area contributed by atoms with Crippen molar-refractivity contribution in [2.45, 2.75) is 11.4 Å². The maximum absolute atomic E-state index is 13.6. The van der Waals surface area contributed by atoms with E-state index < -0.39 is 20.9 Å². The molecule has 112 valence electrons. The van der Waals surface area contributed by atoms with E-state index in [1.807, 2.05) is 6.07 Å². The van der Waals surface area contributed by atoms with Gasteiger partial charge in [0.15, 0.2) is 5.82 Å². The number of halogens is 4. The topological polar surface area (TPSA) is 46.2 Å². The minimum absolute atomic E-state index is 0.0579. The van der Waals surface area contributed by atoms with Gasteiger partial charge < -0.3 is 0 Å². The molecule has 2 aromatic rings. The standard InChI is InChI=1S/C13H9BrCl2FNO2S/c14-9-3-1-2-8(6-9)7-18-21(19,20)11-5-4-10(15)13(17)12(11)16/h1-6,18H,7H2. The Hall–Kier alpha value is -0.660. The van der Waals surface area contributed by atoms with E-state index in [4.69, 9.17) is 23.2 Å². The zero-order valence-electron chi connectivity index (χ0n) is 10.4. The van der Waals surface area contributed by atoms with E-state index in [9.17, 15) is 12.8 Å². The third-order valence-electron chi connectivity index (χ3n) is 2.64. The van der Waals surface area contributed by atoms with Crippen LogP contribution in [-0.2, 0) is 16.6 Å². The van der Waals surface area contributed by atoms with Crippen LogP contribution in [0, 0.1) is 5.82 Å². The fourth-order valence-electron chi connectivity index (χ4n) is 1.62. The van der Waals surface area contributed by atoms with Gasteiger partial charge in [0, 0.05) is 11.0 Å².